The topological polar surface area (TPSA) is 25.8 Å². The molecule has 0 unspecified atom stereocenters. The summed E-state index contributed by atoms with van der Waals surface area (Å²) in [6.07, 6.45) is 8.93. The van der Waals surface area contributed by atoms with E-state index in [4.69, 9.17) is 0 Å². The Morgan fingerprint density at radius 1 is 1.23 bits per heavy atom. The molecular formula is C11H12N2. The molecule has 2 nitrogen and oxygen atoms in total. The van der Waals surface area contributed by atoms with Gasteiger partial charge in [0.2, 0.25) is 0 Å². The molecule has 1 rings (SSSR count). The molecule has 66 valence electrons. The summed E-state index contributed by atoms with van der Waals surface area (Å²) in [5.41, 5.74) is 0. The van der Waals surface area contributed by atoms with E-state index in [9.17, 15) is 0 Å². The summed E-state index contributed by atoms with van der Waals surface area (Å²) in [5, 5.41) is 1.84. The summed E-state index contributed by atoms with van der Waals surface area (Å²) in [4.78, 5) is 8.36. The molecule has 1 aromatic rings. The maximum absolute atomic E-state index is 4.26. The molecule has 0 fully saturated rings. The molecule has 13 heavy (non-hydrogen) atoms. The first-order chi connectivity index (χ1) is 6.27. The molecule has 0 aliphatic rings. The molecule has 0 saturated carbocycles. The van der Waals surface area contributed by atoms with Crippen LogP contribution < -0.4 is 10.6 Å². The van der Waals surface area contributed by atoms with Gasteiger partial charge in [-0.15, -0.1) is 0 Å². The zero-order valence-electron chi connectivity index (χ0n) is 7.70. The molecular weight excluding hydrogens is 160 g/mol. The number of aryl methyl sites for hydroxylation is 1. The van der Waals surface area contributed by atoms with Gasteiger partial charge in [0.05, 0.1) is 5.35 Å². The lowest BCUT2D eigenvalue weighted by atomic mass is 10.3. The molecule has 2 heteroatoms. The monoisotopic (exact) mass is 172 g/mol. The van der Waals surface area contributed by atoms with E-state index in [2.05, 4.69) is 23.1 Å². The van der Waals surface area contributed by atoms with Crippen molar-refractivity contribution < 1.29 is 0 Å². The Balaban J connectivity index is 3.53. The lowest BCUT2D eigenvalue weighted by Crippen LogP contribution is -2.29. The van der Waals surface area contributed by atoms with Crippen molar-refractivity contribution in [2.45, 2.75) is 6.92 Å². The number of rotatable bonds is 2. The molecule has 0 radical (unpaired) electrons. The maximum Gasteiger partial charge on any atom is 0.125 e. The Labute approximate surface area is 77.7 Å². The lowest BCUT2D eigenvalue weighted by Gasteiger charge is -1.90. The molecule has 0 amide bonds. The Morgan fingerprint density at radius 2 is 1.92 bits per heavy atom. The Morgan fingerprint density at radius 3 is 2.54 bits per heavy atom. The fourth-order valence-electron chi connectivity index (χ4n) is 0.997. The second kappa shape index (κ2) is 4.36. The second-order valence-corrected chi connectivity index (χ2v) is 2.56. The normalized spacial score (nSPS) is 13.0. The SMILES string of the molecule is C=C/C=c1/cnc(C)n/c1=C/C=C. The summed E-state index contributed by atoms with van der Waals surface area (Å²) in [5.74, 6) is 0.759. The predicted octanol–water partition coefficient (Wildman–Crippen LogP) is 0.718. The molecule has 0 N–H and O–H groups in total. The summed E-state index contributed by atoms with van der Waals surface area (Å²) < 4.78 is 0. The van der Waals surface area contributed by atoms with E-state index in [0.717, 1.165) is 16.4 Å². The number of nitrogens with zero attached hydrogens (tertiary/aromatic N) is 2. The molecule has 1 heterocycles. The zero-order chi connectivity index (χ0) is 9.68. The van der Waals surface area contributed by atoms with Gasteiger partial charge in [0.1, 0.15) is 5.82 Å². The summed E-state index contributed by atoms with van der Waals surface area (Å²) in [7, 11) is 0. The van der Waals surface area contributed by atoms with Crippen LogP contribution in [0.3, 0.4) is 0 Å². The van der Waals surface area contributed by atoms with E-state index in [-0.39, 0.29) is 0 Å². The van der Waals surface area contributed by atoms with Crippen molar-refractivity contribution in [1.29, 1.82) is 0 Å². The van der Waals surface area contributed by atoms with Crippen LogP contribution >= 0.6 is 0 Å². The summed E-state index contributed by atoms with van der Waals surface area (Å²) in [6, 6.07) is 0. The van der Waals surface area contributed by atoms with Crippen LogP contribution in [0.2, 0.25) is 0 Å². The van der Waals surface area contributed by atoms with Crippen molar-refractivity contribution in [3.63, 3.8) is 0 Å². The Bertz CT molecular complexity index is 430. The molecule has 0 aliphatic carbocycles. The van der Waals surface area contributed by atoms with Gasteiger partial charge in [-0.1, -0.05) is 31.4 Å². The minimum atomic E-state index is 0.759. The van der Waals surface area contributed by atoms with Crippen LogP contribution in [0.4, 0.5) is 0 Å². The van der Waals surface area contributed by atoms with Crippen LogP contribution in [0.15, 0.2) is 31.5 Å². The van der Waals surface area contributed by atoms with E-state index in [1.165, 1.54) is 0 Å². The van der Waals surface area contributed by atoms with Crippen LogP contribution in [0.25, 0.3) is 12.2 Å². The predicted molar refractivity (Wildman–Crippen MR) is 55.3 cm³/mol. The summed E-state index contributed by atoms with van der Waals surface area (Å²) >= 11 is 0. The van der Waals surface area contributed by atoms with Gasteiger partial charge in [0.15, 0.2) is 0 Å². The smallest absolute Gasteiger partial charge is 0.125 e. The maximum atomic E-state index is 4.26. The number of allylic oxidation sites excluding steroid dienone is 2. The number of aromatic nitrogens is 2. The fourth-order valence-corrected chi connectivity index (χ4v) is 0.997. The minimum absolute atomic E-state index is 0.759. The molecule has 0 aromatic carbocycles. The van der Waals surface area contributed by atoms with Crippen molar-refractivity contribution in [3.05, 3.63) is 47.9 Å². The average molecular weight is 172 g/mol. The Kier molecular flexibility index (Phi) is 3.15. The molecule has 0 saturated heterocycles. The van der Waals surface area contributed by atoms with Gasteiger partial charge in [0, 0.05) is 11.4 Å². The van der Waals surface area contributed by atoms with Gasteiger partial charge >= 0.3 is 0 Å². The second-order valence-electron chi connectivity index (χ2n) is 2.56. The van der Waals surface area contributed by atoms with Crippen molar-refractivity contribution in [2.75, 3.05) is 0 Å². The molecule has 0 aliphatic heterocycles. The van der Waals surface area contributed by atoms with Gasteiger partial charge in [0.25, 0.3) is 0 Å². The van der Waals surface area contributed by atoms with Crippen molar-refractivity contribution in [2.24, 2.45) is 0 Å². The molecule has 0 atom stereocenters. The largest absolute Gasteiger partial charge is 0.241 e. The van der Waals surface area contributed by atoms with Gasteiger partial charge in [-0.2, -0.15) is 0 Å². The third-order valence-electron chi connectivity index (χ3n) is 1.54. The van der Waals surface area contributed by atoms with Crippen LogP contribution in [0.5, 0.6) is 0 Å². The highest BCUT2D eigenvalue weighted by Gasteiger charge is 1.87. The van der Waals surface area contributed by atoms with Gasteiger partial charge < -0.3 is 0 Å². The van der Waals surface area contributed by atoms with E-state index in [1.807, 2.05) is 19.1 Å². The van der Waals surface area contributed by atoms with E-state index in [0.29, 0.717) is 0 Å². The molecule has 0 bridgehead atoms. The van der Waals surface area contributed by atoms with Crippen LogP contribution in [0.1, 0.15) is 5.82 Å². The first-order valence-corrected chi connectivity index (χ1v) is 4.03. The van der Waals surface area contributed by atoms with Crippen LogP contribution in [-0.4, -0.2) is 9.97 Å². The fraction of sp³-hybridized carbons (Fsp3) is 0.0909. The highest BCUT2D eigenvalue weighted by Crippen LogP contribution is 1.74. The van der Waals surface area contributed by atoms with E-state index in [1.54, 1.807) is 18.3 Å². The standard InChI is InChI=1S/C11H12N2/c1-4-6-10-8-12-9(3)13-11(10)7-5-2/h4-8H,1-2H2,3H3/b10-6-,11-7+. The highest BCUT2D eigenvalue weighted by molar-refractivity contribution is 5.39. The first kappa shape index (κ1) is 9.39. The zero-order valence-corrected chi connectivity index (χ0v) is 7.70. The Hall–Kier alpha value is -1.70. The third kappa shape index (κ3) is 2.37. The number of hydrogen-bond donors (Lipinski definition) is 0. The highest BCUT2D eigenvalue weighted by atomic mass is 14.8. The van der Waals surface area contributed by atoms with Crippen molar-refractivity contribution in [3.8, 4) is 0 Å². The number of hydrogen-bond acceptors (Lipinski definition) is 2. The minimum Gasteiger partial charge on any atom is -0.241 e. The van der Waals surface area contributed by atoms with Gasteiger partial charge in [-0.05, 0) is 13.0 Å². The molecule has 1 aromatic heterocycles. The van der Waals surface area contributed by atoms with Gasteiger partial charge in [-0.3, -0.25) is 0 Å². The van der Waals surface area contributed by atoms with E-state index >= 15 is 0 Å². The average Bonchev–Trinajstić information content (AvgIpc) is 2.10. The third-order valence-corrected chi connectivity index (χ3v) is 1.54. The van der Waals surface area contributed by atoms with Crippen LogP contribution in [-0.2, 0) is 0 Å². The summed E-state index contributed by atoms with van der Waals surface area (Å²) in [6.45, 7) is 9.12. The first-order valence-electron chi connectivity index (χ1n) is 4.03. The van der Waals surface area contributed by atoms with Gasteiger partial charge in [-0.25, -0.2) is 9.97 Å². The molecule has 0 spiro atoms. The van der Waals surface area contributed by atoms with Crippen molar-refractivity contribution >= 4 is 12.2 Å². The van der Waals surface area contributed by atoms with E-state index < -0.39 is 0 Å². The van der Waals surface area contributed by atoms with Crippen LogP contribution in [0, 0.1) is 6.92 Å². The quantitative estimate of drug-likeness (QED) is 0.657. The lowest BCUT2D eigenvalue weighted by molar-refractivity contribution is 1.01. The van der Waals surface area contributed by atoms with Crippen molar-refractivity contribution in [1.82, 2.24) is 9.97 Å².